The van der Waals surface area contributed by atoms with E-state index in [-0.39, 0.29) is 11.0 Å². The number of urea groups is 1. The average Bonchev–Trinajstić information content (AvgIpc) is 3.62. The van der Waals surface area contributed by atoms with Crippen LogP contribution in [-0.2, 0) is 15.0 Å². The topological polar surface area (TPSA) is 60.9 Å². The smallest absolute Gasteiger partial charge is 0.310 e. The van der Waals surface area contributed by atoms with Crippen molar-refractivity contribution >= 4 is 73.1 Å². The molecule has 2 aliphatic rings. The van der Waals surface area contributed by atoms with Gasteiger partial charge in [0.25, 0.3) is 11.8 Å². The third-order valence-corrected chi connectivity index (χ3v) is 10.5. The molecule has 1 saturated heterocycles. The summed E-state index contributed by atoms with van der Waals surface area (Å²) >= 11 is 3.33. The van der Waals surface area contributed by atoms with Gasteiger partial charge in [-0.2, -0.15) is 0 Å². The number of imide groups is 2. The summed E-state index contributed by atoms with van der Waals surface area (Å²) in [7, 11) is 2.79. The van der Waals surface area contributed by atoms with Gasteiger partial charge in [0.2, 0.25) is 0 Å². The van der Waals surface area contributed by atoms with Crippen LogP contribution < -0.4 is 4.90 Å². The molecule has 7 rings (SSSR count). The van der Waals surface area contributed by atoms with E-state index in [1.54, 1.807) is 28.7 Å². The van der Waals surface area contributed by atoms with Gasteiger partial charge in [-0.25, -0.2) is 4.79 Å². The molecule has 0 radical (unpaired) electrons. The van der Waals surface area contributed by atoms with Crippen LogP contribution in [-0.4, -0.2) is 41.7 Å². The Balaban J connectivity index is 1.31. The molecule has 5 aromatic rings. The van der Waals surface area contributed by atoms with E-state index in [4.69, 9.17) is 0 Å². The molecule has 1 fully saturated rings. The summed E-state index contributed by atoms with van der Waals surface area (Å²) in [5, 5.41) is 0. The van der Waals surface area contributed by atoms with Crippen molar-refractivity contribution in [2.45, 2.75) is 19.3 Å². The Bertz CT molecular complexity index is 1890. The highest BCUT2D eigenvalue weighted by Gasteiger charge is 2.41. The Kier molecular flexibility index (Phi) is 5.97. The summed E-state index contributed by atoms with van der Waals surface area (Å²) < 4.78 is 2.30. The number of thiophene rings is 2. The first kappa shape index (κ1) is 26.4. The van der Waals surface area contributed by atoms with Crippen molar-refractivity contribution in [1.29, 1.82) is 0 Å². The molecule has 0 bridgehead atoms. The lowest BCUT2D eigenvalue weighted by atomic mass is 9.82. The number of amides is 4. The fourth-order valence-electron chi connectivity index (χ4n) is 5.97. The van der Waals surface area contributed by atoms with Gasteiger partial charge in [-0.3, -0.25) is 19.4 Å². The predicted molar refractivity (Wildman–Crippen MR) is 171 cm³/mol. The summed E-state index contributed by atoms with van der Waals surface area (Å²) in [5.41, 5.74) is 6.82. The maximum Gasteiger partial charge on any atom is 0.333 e. The van der Waals surface area contributed by atoms with E-state index < -0.39 is 17.8 Å². The average molecular weight is 590 g/mol. The van der Waals surface area contributed by atoms with Crippen LogP contribution in [0.25, 0.3) is 25.9 Å². The third kappa shape index (κ3) is 3.86. The van der Waals surface area contributed by atoms with E-state index in [1.165, 1.54) is 40.4 Å². The molecule has 6 nitrogen and oxygen atoms in total. The van der Waals surface area contributed by atoms with Crippen molar-refractivity contribution in [3.8, 4) is 10.4 Å². The molecule has 3 aromatic carbocycles. The van der Waals surface area contributed by atoms with Crippen LogP contribution in [0.15, 0.2) is 90.5 Å². The molecular weight excluding hydrogens is 563 g/mol. The lowest BCUT2D eigenvalue weighted by Gasteiger charge is -2.28. The van der Waals surface area contributed by atoms with Gasteiger partial charge in [0.05, 0.1) is 4.70 Å². The molecule has 2 aromatic heterocycles. The first-order chi connectivity index (χ1) is 20.2. The number of nitrogens with zero attached hydrogens (tertiary/aromatic N) is 3. The number of rotatable bonds is 4. The Labute approximate surface area is 251 Å². The molecule has 4 amide bonds. The second-order valence-corrected chi connectivity index (χ2v) is 13.2. The highest BCUT2D eigenvalue weighted by molar-refractivity contribution is 7.30. The number of fused-ring (bicyclic) bond motifs is 5. The van der Waals surface area contributed by atoms with E-state index in [1.807, 2.05) is 18.2 Å². The monoisotopic (exact) mass is 589 g/mol. The van der Waals surface area contributed by atoms with Crippen LogP contribution in [0.1, 0.15) is 29.9 Å². The first-order valence-corrected chi connectivity index (χ1v) is 15.2. The zero-order valence-corrected chi connectivity index (χ0v) is 25.2. The number of benzene rings is 3. The molecule has 8 heteroatoms. The lowest BCUT2D eigenvalue weighted by Crippen LogP contribution is -2.52. The van der Waals surface area contributed by atoms with Gasteiger partial charge in [-0.1, -0.05) is 56.3 Å². The van der Waals surface area contributed by atoms with Crippen LogP contribution in [0, 0.1) is 0 Å². The van der Waals surface area contributed by atoms with Crippen LogP contribution in [0.4, 0.5) is 21.9 Å². The zero-order valence-electron chi connectivity index (χ0n) is 23.5. The maximum atomic E-state index is 12.8. The third-order valence-electron chi connectivity index (χ3n) is 8.15. The largest absolute Gasteiger partial charge is 0.333 e. The van der Waals surface area contributed by atoms with E-state index in [0.29, 0.717) is 0 Å². The van der Waals surface area contributed by atoms with Gasteiger partial charge in [0.1, 0.15) is 5.57 Å². The molecule has 0 spiro atoms. The maximum absolute atomic E-state index is 12.8. The molecule has 1 aliphatic heterocycles. The minimum atomic E-state index is -0.621. The number of likely N-dealkylation sites (N-methyl/N-ethyl adjacent to an activating group) is 2. The number of hydrogen-bond donors (Lipinski definition) is 0. The van der Waals surface area contributed by atoms with E-state index in [2.05, 4.69) is 85.5 Å². The van der Waals surface area contributed by atoms with Gasteiger partial charge in [-0.15, -0.1) is 22.7 Å². The van der Waals surface area contributed by atoms with Crippen LogP contribution in [0.2, 0.25) is 0 Å². The van der Waals surface area contributed by atoms with Crippen LogP contribution in [0.3, 0.4) is 0 Å². The Morgan fingerprint density at radius 1 is 0.738 bits per heavy atom. The van der Waals surface area contributed by atoms with Crippen molar-refractivity contribution in [3.63, 3.8) is 0 Å². The Morgan fingerprint density at radius 2 is 1.33 bits per heavy atom. The predicted octanol–water partition coefficient (Wildman–Crippen LogP) is 8.17. The molecule has 0 N–H and O–H groups in total. The number of para-hydroxylation sites is 2. The molecule has 3 heterocycles. The second-order valence-electron chi connectivity index (χ2n) is 11.1. The van der Waals surface area contributed by atoms with Crippen LogP contribution in [0.5, 0.6) is 0 Å². The summed E-state index contributed by atoms with van der Waals surface area (Å²) in [5.74, 6) is -1.15. The van der Waals surface area contributed by atoms with Crippen molar-refractivity contribution < 1.29 is 14.4 Å². The zero-order chi connectivity index (χ0) is 29.3. The minimum Gasteiger partial charge on any atom is -0.310 e. The van der Waals surface area contributed by atoms with Crippen molar-refractivity contribution in [2.24, 2.45) is 0 Å². The van der Waals surface area contributed by atoms with Gasteiger partial charge in [-0.05, 0) is 65.2 Å². The molecular formula is C34H27N3O3S2. The van der Waals surface area contributed by atoms with E-state index in [0.717, 1.165) is 36.4 Å². The quantitative estimate of drug-likeness (QED) is 0.157. The molecule has 0 saturated carbocycles. The van der Waals surface area contributed by atoms with E-state index in [9.17, 15) is 14.4 Å². The SMILES string of the molecule is CN1C(=O)C(=Cc2cc3sc4c(c3s2)C(C)(C)c2cc(N(c3ccccc3)c3ccccc3)ccc2-4)C(=O)N(C)C1=O. The van der Waals surface area contributed by atoms with Crippen molar-refractivity contribution in [3.05, 3.63) is 107 Å². The number of hydrogen-bond acceptors (Lipinski definition) is 6. The lowest BCUT2D eigenvalue weighted by molar-refractivity contribution is -0.134. The molecule has 42 heavy (non-hydrogen) atoms. The summed E-state index contributed by atoms with van der Waals surface area (Å²) in [6.45, 7) is 4.54. The standard InChI is InChI=1S/C34H27N3O3S2/c1-34(2)26-17-22(37(20-11-7-5-8-12-20)21-13-9-6-10-14-21)15-16-24(26)29-28(34)30-27(42-29)19-23(41-30)18-25-31(38)35(3)33(40)36(4)32(25)39/h5-19H,1-4H3. The Hall–Kier alpha value is -4.53. The number of carbonyl (C=O) groups excluding carboxylic acids is 3. The normalized spacial score (nSPS) is 15.8. The van der Waals surface area contributed by atoms with Gasteiger partial charge in [0.15, 0.2) is 0 Å². The first-order valence-electron chi connectivity index (χ1n) is 13.6. The van der Waals surface area contributed by atoms with Crippen LogP contribution >= 0.6 is 22.7 Å². The fourth-order valence-corrected chi connectivity index (χ4v) is 8.92. The molecule has 1 aliphatic carbocycles. The number of anilines is 3. The molecule has 208 valence electrons. The fraction of sp³-hybridized carbons (Fsp3) is 0.147. The molecule has 0 unspecified atom stereocenters. The van der Waals surface area contributed by atoms with Gasteiger partial charge in [0, 0.05) is 51.0 Å². The number of barbiturate groups is 1. The van der Waals surface area contributed by atoms with Gasteiger partial charge >= 0.3 is 6.03 Å². The van der Waals surface area contributed by atoms with Crippen molar-refractivity contribution in [1.82, 2.24) is 9.80 Å². The number of carbonyl (C=O) groups is 3. The summed E-state index contributed by atoms with van der Waals surface area (Å²) in [6.07, 6.45) is 1.62. The Morgan fingerprint density at radius 3 is 1.93 bits per heavy atom. The van der Waals surface area contributed by atoms with Crippen molar-refractivity contribution in [2.75, 3.05) is 19.0 Å². The molecule has 0 atom stereocenters. The summed E-state index contributed by atoms with van der Waals surface area (Å²) in [6, 6.07) is 29.0. The summed E-state index contributed by atoms with van der Waals surface area (Å²) in [4.78, 5) is 44.0. The van der Waals surface area contributed by atoms with E-state index >= 15 is 0 Å². The second kappa shape index (κ2) is 9.51. The highest BCUT2D eigenvalue weighted by Crippen LogP contribution is 2.58. The van der Waals surface area contributed by atoms with Gasteiger partial charge < -0.3 is 4.90 Å². The highest BCUT2D eigenvalue weighted by atomic mass is 32.1. The minimum absolute atomic E-state index is 0.000693.